The van der Waals surface area contributed by atoms with E-state index in [1.807, 2.05) is 12.4 Å². The fourth-order valence-electron chi connectivity index (χ4n) is 5.33. The first-order valence-electron chi connectivity index (χ1n) is 11.0. The SMILES string of the molecule is O=C(O)COc1ccc(C(=O)CN2CCC3C(c4cnccc4N4CCCC4)C32)cc1. The van der Waals surface area contributed by atoms with Crippen molar-refractivity contribution in [3.63, 3.8) is 0 Å². The number of ketones is 1. The maximum atomic E-state index is 12.9. The van der Waals surface area contributed by atoms with E-state index in [1.54, 1.807) is 24.3 Å². The lowest BCUT2D eigenvalue weighted by molar-refractivity contribution is -0.139. The number of fused-ring (bicyclic) bond motifs is 1. The smallest absolute Gasteiger partial charge is 0.341 e. The van der Waals surface area contributed by atoms with E-state index in [1.165, 1.54) is 24.1 Å². The molecule has 5 rings (SSSR count). The molecule has 31 heavy (non-hydrogen) atoms. The van der Waals surface area contributed by atoms with Crippen molar-refractivity contribution < 1.29 is 19.4 Å². The second-order valence-corrected chi connectivity index (χ2v) is 8.70. The van der Waals surface area contributed by atoms with Crippen molar-refractivity contribution in [3.05, 3.63) is 53.9 Å². The van der Waals surface area contributed by atoms with Gasteiger partial charge >= 0.3 is 5.97 Å². The average Bonchev–Trinajstić information content (AvgIpc) is 3.09. The van der Waals surface area contributed by atoms with Gasteiger partial charge in [-0.25, -0.2) is 4.79 Å². The van der Waals surface area contributed by atoms with Crippen LogP contribution < -0.4 is 9.64 Å². The minimum absolute atomic E-state index is 0.0852. The summed E-state index contributed by atoms with van der Waals surface area (Å²) in [6, 6.07) is 9.31. The summed E-state index contributed by atoms with van der Waals surface area (Å²) in [5, 5.41) is 8.70. The maximum Gasteiger partial charge on any atom is 0.341 e. The number of carbonyl (C=O) groups is 2. The van der Waals surface area contributed by atoms with Gasteiger partial charge in [0.05, 0.1) is 6.54 Å². The van der Waals surface area contributed by atoms with Gasteiger partial charge in [-0.2, -0.15) is 0 Å². The van der Waals surface area contributed by atoms with E-state index in [-0.39, 0.29) is 12.4 Å². The number of aromatic nitrogens is 1. The number of nitrogens with zero attached hydrogens (tertiary/aromatic N) is 3. The third-order valence-corrected chi connectivity index (χ3v) is 6.82. The van der Waals surface area contributed by atoms with Crippen molar-refractivity contribution in [2.45, 2.75) is 31.2 Å². The van der Waals surface area contributed by atoms with Gasteiger partial charge in [-0.1, -0.05) is 0 Å². The van der Waals surface area contributed by atoms with Crippen molar-refractivity contribution in [2.75, 3.05) is 37.7 Å². The lowest BCUT2D eigenvalue weighted by Crippen LogP contribution is -2.31. The van der Waals surface area contributed by atoms with E-state index in [9.17, 15) is 9.59 Å². The molecule has 0 bridgehead atoms. The predicted molar refractivity (Wildman–Crippen MR) is 116 cm³/mol. The number of rotatable bonds is 8. The quantitative estimate of drug-likeness (QED) is 0.656. The summed E-state index contributed by atoms with van der Waals surface area (Å²) in [6.45, 7) is 3.21. The van der Waals surface area contributed by atoms with Gasteiger partial charge in [0.1, 0.15) is 5.75 Å². The van der Waals surface area contributed by atoms with Gasteiger partial charge in [-0.05, 0) is 67.6 Å². The van der Waals surface area contributed by atoms with Crippen molar-refractivity contribution in [3.8, 4) is 5.75 Å². The molecule has 0 amide bonds. The van der Waals surface area contributed by atoms with Crippen LogP contribution in [-0.4, -0.2) is 65.6 Å². The highest BCUT2D eigenvalue weighted by molar-refractivity contribution is 5.97. The number of likely N-dealkylation sites (tertiary alicyclic amines) is 1. The highest BCUT2D eigenvalue weighted by Crippen LogP contribution is 2.58. The topological polar surface area (TPSA) is 83.0 Å². The number of anilines is 1. The lowest BCUT2D eigenvalue weighted by atomic mass is 10.1. The Labute approximate surface area is 181 Å². The molecule has 0 radical (unpaired) electrons. The summed E-state index contributed by atoms with van der Waals surface area (Å²) in [5.41, 5.74) is 3.30. The normalized spacial score (nSPS) is 24.8. The first kappa shape index (κ1) is 20.0. The first-order valence-corrected chi connectivity index (χ1v) is 11.0. The molecule has 1 aromatic heterocycles. The van der Waals surface area contributed by atoms with Crippen LogP contribution >= 0.6 is 0 Å². The summed E-state index contributed by atoms with van der Waals surface area (Å²) in [5.74, 6) is 0.600. The number of Topliss-reactive ketones (excluding diaryl/α,β-unsaturated/α-hetero) is 1. The highest BCUT2D eigenvalue weighted by atomic mass is 16.5. The van der Waals surface area contributed by atoms with Gasteiger partial charge < -0.3 is 14.7 Å². The number of hydrogen-bond donors (Lipinski definition) is 1. The molecule has 2 aliphatic heterocycles. The molecule has 3 atom stereocenters. The molecule has 1 aromatic carbocycles. The Bertz CT molecular complexity index is 971. The van der Waals surface area contributed by atoms with Crippen molar-refractivity contribution in [2.24, 2.45) is 5.92 Å². The summed E-state index contributed by atoms with van der Waals surface area (Å²) < 4.78 is 5.14. The highest BCUT2D eigenvalue weighted by Gasteiger charge is 2.58. The Morgan fingerprint density at radius 2 is 1.87 bits per heavy atom. The van der Waals surface area contributed by atoms with Crippen LogP contribution in [0.15, 0.2) is 42.7 Å². The third-order valence-electron chi connectivity index (χ3n) is 6.82. The van der Waals surface area contributed by atoms with Crippen molar-refractivity contribution in [1.29, 1.82) is 0 Å². The Kier molecular flexibility index (Phi) is 5.36. The molecule has 3 unspecified atom stereocenters. The van der Waals surface area contributed by atoms with Gasteiger partial charge in [0.2, 0.25) is 0 Å². The third kappa shape index (κ3) is 4.02. The van der Waals surface area contributed by atoms with Crippen LogP contribution in [0.25, 0.3) is 0 Å². The number of hydrogen-bond acceptors (Lipinski definition) is 6. The molecule has 7 nitrogen and oxygen atoms in total. The van der Waals surface area contributed by atoms with E-state index < -0.39 is 5.97 Å². The summed E-state index contributed by atoms with van der Waals surface area (Å²) >= 11 is 0. The van der Waals surface area contributed by atoms with Crippen LogP contribution in [-0.2, 0) is 4.79 Å². The van der Waals surface area contributed by atoms with Gasteiger partial charge in [0, 0.05) is 48.7 Å². The molecular formula is C24H27N3O4. The molecular weight excluding hydrogens is 394 g/mol. The second kappa shape index (κ2) is 8.30. The molecule has 2 aromatic rings. The van der Waals surface area contributed by atoms with Crippen LogP contribution in [0.3, 0.4) is 0 Å². The molecule has 1 N–H and O–H groups in total. The number of carboxylic acid groups (broad SMARTS) is 1. The molecule has 0 spiro atoms. The van der Waals surface area contributed by atoms with Gasteiger partial charge in [-0.15, -0.1) is 0 Å². The number of benzene rings is 1. The van der Waals surface area contributed by atoms with Crippen LogP contribution in [0.4, 0.5) is 5.69 Å². The van der Waals surface area contributed by atoms with Crippen LogP contribution in [0.2, 0.25) is 0 Å². The standard InChI is InChI=1S/C24H27N3O4/c28-21(16-3-5-17(6-4-16)31-15-22(29)30)14-27-12-8-18-23(24(18)27)19-13-25-9-7-20(19)26-10-1-2-11-26/h3-7,9,13,18,23-24H,1-2,8,10-12,14-15H2,(H,29,30). The average molecular weight is 421 g/mol. The Balaban J connectivity index is 1.24. The van der Waals surface area contributed by atoms with Gasteiger partial charge in [0.25, 0.3) is 0 Å². The maximum absolute atomic E-state index is 12.9. The zero-order chi connectivity index (χ0) is 21.4. The summed E-state index contributed by atoms with van der Waals surface area (Å²) in [6.07, 6.45) is 7.55. The number of pyridine rings is 1. The van der Waals surface area contributed by atoms with Crippen LogP contribution in [0, 0.1) is 5.92 Å². The number of carboxylic acids is 1. The molecule has 162 valence electrons. The zero-order valence-corrected chi connectivity index (χ0v) is 17.4. The fraction of sp³-hybridized carbons (Fsp3) is 0.458. The largest absolute Gasteiger partial charge is 0.482 e. The molecule has 7 heteroatoms. The van der Waals surface area contributed by atoms with Crippen LogP contribution in [0.5, 0.6) is 5.75 Å². The number of piperidine rings is 1. The number of carbonyl (C=O) groups excluding carboxylic acids is 1. The number of ether oxygens (including phenoxy) is 1. The van der Waals surface area contributed by atoms with Gasteiger partial charge in [0.15, 0.2) is 12.4 Å². The zero-order valence-electron chi connectivity index (χ0n) is 17.4. The predicted octanol–water partition coefficient (Wildman–Crippen LogP) is 2.82. The molecule has 3 aliphatic rings. The monoisotopic (exact) mass is 421 g/mol. The molecule has 1 aliphatic carbocycles. The van der Waals surface area contributed by atoms with E-state index in [4.69, 9.17) is 9.84 Å². The molecule has 3 heterocycles. The van der Waals surface area contributed by atoms with E-state index in [0.717, 1.165) is 26.1 Å². The number of aliphatic carboxylic acids is 1. The Hall–Kier alpha value is -2.93. The summed E-state index contributed by atoms with van der Waals surface area (Å²) in [4.78, 5) is 32.7. The summed E-state index contributed by atoms with van der Waals surface area (Å²) in [7, 11) is 0. The molecule has 1 saturated carbocycles. The van der Waals surface area contributed by atoms with Crippen molar-refractivity contribution in [1.82, 2.24) is 9.88 Å². The van der Waals surface area contributed by atoms with Gasteiger partial charge in [-0.3, -0.25) is 14.7 Å². The second-order valence-electron chi connectivity index (χ2n) is 8.70. The Morgan fingerprint density at radius 1 is 1.10 bits per heavy atom. The van der Waals surface area contributed by atoms with E-state index in [0.29, 0.717) is 35.7 Å². The Morgan fingerprint density at radius 3 is 2.61 bits per heavy atom. The minimum atomic E-state index is -1.02. The molecule has 3 fully saturated rings. The minimum Gasteiger partial charge on any atom is -0.482 e. The van der Waals surface area contributed by atoms with E-state index >= 15 is 0 Å². The van der Waals surface area contributed by atoms with E-state index in [2.05, 4.69) is 20.9 Å². The van der Waals surface area contributed by atoms with Crippen LogP contribution in [0.1, 0.15) is 41.1 Å². The fourth-order valence-corrected chi connectivity index (χ4v) is 5.33. The molecule has 2 saturated heterocycles. The van der Waals surface area contributed by atoms with Crippen molar-refractivity contribution >= 4 is 17.4 Å². The lowest BCUT2D eigenvalue weighted by Gasteiger charge is -2.24. The first-order chi connectivity index (χ1) is 15.1.